The largest absolute Gasteiger partial charge is 0.366 e. The van der Waals surface area contributed by atoms with Gasteiger partial charge in [0, 0.05) is 23.7 Å². The maximum atomic E-state index is 12.2. The third-order valence-electron chi connectivity index (χ3n) is 4.39. The predicted molar refractivity (Wildman–Crippen MR) is 98.1 cm³/mol. The zero-order valence-electron chi connectivity index (χ0n) is 14.4. The number of pyridine rings is 1. The molecule has 0 fully saturated rings. The van der Waals surface area contributed by atoms with Crippen molar-refractivity contribution in [2.45, 2.75) is 13.0 Å². The highest BCUT2D eigenvalue weighted by Crippen LogP contribution is 2.35. The Kier molecular flexibility index (Phi) is 3.90. The minimum absolute atomic E-state index is 0.398. The van der Waals surface area contributed by atoms with Crippen molar-refractivity contribution in [2.24, 2.45) is 5.73 Å². The second-order valence-corrected chi connectivity index (χ2v) is 6.11. The summed E-state index contributed by atoms with van der Waals surface area (Å²) in [6.45, 7) is 1.78. The van der Waals surface area contributed by atoms with E-state index in [4.69, 9.17) is 11.0 Å². The lowest BCUT2D eigenvalue weighted by Gasteiger charge is -2.27. The minimum Gasteiger partial charge on any atom is -0.366 e. The number of allylic oxidation sites excluding steroid dienone is 1. The van der Waals surface area contributed by atoms with Gasteiger partial charge >= 0.3 is 0 Å². The molecule has 2 aromatic heterocycles. The zero-order valence-corrected chi connectivity index (χ0v) is 14.4. The van der Waals surface area contributed by atoms with Crippen LogP contribution in [0.1, 0.15) is 24.1 Å². The molecule has 1 aromatic carbocycles. The number of carbonyl (C=O) groups is 1. The topological polar surface area (TPSA) is 123 Å². The maximum absolute atomic E-state index is 12.2. The first-order valence-electron chi connectivity index (χ1n) is 8.23. The Morgan fingerprint density at radius 2 is 2.07 bits per heavy atom. The van der Waals surface area contributed by atoms with Crippen LogP contribution in [-0.2, 0) is 4.79 Å². The van der Waals surface area contributed by atoms with Crippen LogP contribution in [0.25, 0.3) is 11.4 Å². The van der Waals surface area contributed by atoms with Crippen LogP contribution in [0.4, 0.5) is 5.95 Å². The lowest BCUT2D eigenvalue weighted by Crippen LogP contribution is -2.31. The van der Waals surface area contributed by atoms with E-state index < -0.39 is 11.9 Å². The molecular formula is C19H15N7O. The van der Waals surface area contributed by atoms with E-state index in [-0.39, 0.29) is 0 Å². The molecule has 1 aliphatic heterocycles. The van der Waals surface area contributed by atoms with Crippen molar-refractivity contribution >= 4 is 11.9 Å². The van der Waals surface area contributed by atoms with E-state index in [0.29, 0.717) is 28.6 Å². The van der Waals surface area contributed by atoms with Gasteiger partial charge in [0.25, 0.3) is 0 Å². The lowest BCUT2D eigenvalue weighted by atomic mass is 9.95. The molecule has 0 bridgehead atoms. The number of hydrogen-bond donors (Lipinski definition) is 2. The highest BCUT2D eigenvalue weighted by Gasteiger charge is 2.33. The summed E-state index contributed by atoms with van der Waals surface area (Å²) in [5.41, 5.74) is 8.75. The van der Waals surface area contributed by atoms with Crippen molar-refractivity contribution in [1.29, 1.82) is 5.26 Å². The number of anilines is 1. The molecule has 1 unspecified atom stereocenters. The van der Waals surface area contributed by atoms with E-state index in [1.807, 2.05) is 6.07 Å². The van der Waals surface area contributed by atoms with Gasteiger partial charge in [-0.25, -0.2) is 4.68 Å². The Morgan fingerprint density at radius 1 is 1.30 bits per heavy atom. The van der Waals surface area contributed by atoms with Crippen molar-refractivity contribution in [1.82, 2.24) is 19.7 Å². The molecule has 27 heavy (non-hydrogen) atoms. The van der Waals surface area contributed by atoms with Gasteiger partial charge in [-0.3, -0.25) is 9.78 Å². The summed E-state index contributed by atoms with van der Waals surface area (Å²) in [7, 11) is 0. The fourth-order valence-electron chi connectivity index (χ4n) is 3.14. The standard InChI is InChI=1S/C19H15N7O/c1-11-15(17(21)27)16(13-6-4-12(9-20)5-7-13)26-19(23-11)24-18(25-26)14-3-2-8-22-10-14/h2-8,10,16H,1H3,(H2,21,27)(H,23,24,25). The second-order valence-electron chi connectivity index (χ2n) is 6.11. The van der Waals surface area contributed by atoms with Crippen LogP contribution in [0, 0.1) is 11.3 Å². The SMILES string of the molecule is CC1=C(C(N)=O)C(c2ccc(C#N)cc2)n2nc(-c3cccnc3)nc2N1. The Hall–Kier alpha value is -3.99. The van der Waals surface area contributed by atoms with Crippen molar-refractivity contribution < 1.29 is 4.79 Å². The van der Waals surface area contributed by atoms with Crippen molar-refractivity contribution in [3.05, 3.63) is 71.2 Å². The summed E-state index contributed by atoms with van der Waals surface area (Å²) in [4.78, 5) is 20.8. The molecule has 3 N–H and O–H groups in total. The molecule has 0 saturated carbocycles. The van der Waals surface area contributed by atoms with E-state index >= 15 is 0 Å². The first-order valence-corrected chi connectivity index (χ1v) is 8.23. The molecule has 1 atom stereocenters. The molecule has 4 rings (SSSR count). The number of nitrogens with one attached hydrogen (secondary N) is 1. The molecule has 132 valence electrons. The summed E-state index contributed by atoms with van der Waals surface area (Å²) in [6, 6.07) is 12.2. The van der Waals surface area contributed by atoms with E-state index in [0.717, 1.165) is 11.1 Å². The molecule has 1 amide bonds. The van der Waals surface area contributed by atoms with Crippen LogP contribution in [-0.4, -0.2) is 25.7 Å². The molecule has 0 aliphatic carbocycles. The number of nitrogens with two attached hydrogens (primary N) is 1. The fraction of sp³-hybridized carbons (Fsp3) is 0.105. The van der Waals surface area contributed by atoms with Crippen LogP contribution in [0.2, 0.25) is 0 Å². The Morgan fingerprint density at radius 3 is 2.70 bits per heavy atom. The van der Waals surface area contributed by atoms with Gasteiger partial charge in [0.1, 0.15) is 6.04 Å². The molecule has 0 radical (unpaired) electrons. The quantitative estimate of drug-likeness (QED) is 0.739. The van der Waals surface area contributed by atoms with Gasteiger partial charge in [-0.2, -0.15) is 10.2 Å². The average molecular weight is 357 g/mol. The number of fused-ring (bicyclic) bond motifs is 1. The fourth-order valence-corrected chi connectivity index (χ4v) is 3.14. The number of primary amides is 1. The molecule has 0 saturated heterocycles. The third-order valence-corrected chi connectivity index (χ3v) is 4.39. The van der Waals surface area contributed by atoms with Crippen molar-refractivity contribution in [2.75, 3.05) is 5.32 Å². The van der Waals surface area contributed by atoms with Crippen LogP contribution in [0.5, 0.6) is 0 Å². The molecule has 0 spiro atoms. The van der Waals surface area contributed by atoms with Gasteiger partial charge in [-0.05, 0) is 36.8 Å². The van der Waals surface area contributed by atoms with Crippen LogP contribution < -0.4 is 11.1 Å². The molecule has 8 nitrogen and oxygen atoms in total. The number of aromatic nitrogens is 4. The summed E-state index contributed by atoms with van der Waals surface area (Å²) >= 11 is 0. The third kappa shape index (κ3) is 2.81. The highest BCUT2D eigenvalue weighted by molar-refractivity contribution is 5.95. The second kappa shape index (κ2) is 6.38. The van der Waals surface area contributed by atoms with Gasteiger partial charge in [0.15, 0.2) is 5.82 Å². The van der Waals surface area contributed by atoms with Crippen LogP contribution in [0.15, 0.2) is 60.1 Å². The average Bonchev–Trinajstić information content (AvgIpc) is 3.11. The first kappa shape index (κ1) is 16.5. The molecule has 3 heterocycles. The van der Waals surface area contributed by atoms with Gasteiger partial charge in [-0.1, -0.05) is 12.1 Å². The highest BCUT2D eigenvalue weighted by atomic mass is 16.1. The zero-order chi connectivity index (χ0) is 19.0. The van der Waals surface area contributed by atoms with Crippen molar-refractivity contribution in [3.63, 3.8) is 0 Å². The Bertz CT molecular complexity index is 1090. The number of nitriles is 1. The summed E-state index contributed by atoms with van der Waals surface area (Å²) < 4.78 is 1.64. The predicted octanol–water partition coefficient (Wildman–Crippen LogP) is 1.99. The smallest absolute Gasteiger partial charge is 0.248 e. The van der Waals surface area contributed by atoms with Gasteiger partial charge in [0.05, 0.1) is 17.2 Å². The molecule has 1 aliphatic rings. The number of hydrogen-bond acceptors (Lipinski definition) is 6. The lowest BCUT2D eigenvalue weighted by molar-refractivity contribution is -0.115. The van der Waals surface area contributed by atoms with Crippen LogP contribution >= 0.6 is 0 Å². The van der Waals surface area contributed by atoms with E-state index in [9.17, 15) is 4.79 Å². The normalized spacial score (nSPS) is 15.6. The summed E-state index contributed by atoms with van der Waals surface area (Å²) in [5, 5.41) is 16.7. The number of benzene rings is 1. The van der Waals surface area contributed by atoms with Gasteiger partial charge in [-0.15, -0.1) is 5.10 Å². The van der Waals surface area contributed by atoms with Crippen molar-refractivity contribution in [3.8, 4) is 17.5 Å². The Balaban J connectivity index is 1.88. The molecular weight excluding hydrogens is 342 g/mol. The first-order chi connectivity index (χ1) is 13.1. The number of amides is 1. The van der Waals surface area contributed by atoms with E-state index in [1.54, 1.807) is 54.3 Å². The summed E-state index contributed by atoms with van der Waals surface area (Å²) in [5.74, 6) is 0.451. The van der Waals surface area contributed by atoms with E-state index in [1.165, 1.54) is 0 Å². The monoisotopic (exact) mass is 357 g/mol. The van der Waals surface area contributed by atoms with E-state index in [2.05, 4.69) is 26.5 Å². The summed E-state index contributed by atoms with van der Waals surface area (Å²) in [6.07, 6.45) is 3.35. The molecule has 8 heteroatoms. The minimum atomic E-state index is -0.543. The number of rotatable bonds is 3. The molecule has 3 aromatic rings. The number of carbonyl (C=O) groups excluding carboxylic acids is 1. The maximum Gasteiger partial charge on any atom is 0.248 e. The van der Waals surface area contributed by atoms with Gasteiger partial charge in [0.2, 0.25) is 11.9 Å². The Labute approximate surface area is 155 Å². The van der Waals surface area contributed by atoms with Gasteiger partial charge < -0.3 is 11.1 Å². The number of nitrogens with zero attached hydrogens (tertiary/aromatic N) is 5. The van der Waals surface area contributed by atoms with Crippen LogP contribution in [0.3, 0.4) is 0 Å².